The van der Waals surface area contributed by atoms with E-state index in [-0.39, 0.29) is 15.5 Å². The number of amidine groups is 1. The predicted molar refractivity (Wildman–Crippen MR) is 76.6 cm³/mol. The fourth-order valence-corrected chi connectivity index (χ4v) is 3.67. The van der Waals surface area contributed by atoms with Crippen LogP contribution in [-0.2, 0) is 10.0 Å². The minimum atomic E-state index is -3.81. The summed E-state index contributed by atoms with van der Waals surface area (Å²) in [7, 11) is -3.81. The van der Waals surface area contributed by atoms with Gasteiger partial charge in [-0.1, -0.05) is 5.16 Å². The third-order valence-electron chi connectivity index (χ3n) is 2.47. The number of nitrogens with one attached hydrogen (secondary N) is 1. The van der Waals surface area contributed by atoms with Gasteiger partial charge in [0.25, 0.3) is 10.0 Å². The Labute approximate surface area is 124 Å². The van der Waals surface area contributed by atoms with Gasteiger partial charge in [0, 0.05) is 5.69 Å². The number of sulfonamides is 1. The average Bonchev–Trinajstić information content (AvgIpc) is 2.87. The molecular formula is C11H11FN4O3S2. The summed E-state index contributed by atoms with van der Waals surface area (Å²) in [5.41, 5.74) is 5.19. The van der Waals surface area contributed by atoms with Gasteiger partial charge in [0.15, 0.2) is 10.0 Å². The quantitative estimate of drug-likeness (QED) is 0.340. The Morgan fingerprint density at radius 3 is 2.81 bits per heavy atom. The predicted octanol–water partition coefficient (Wildman–Crippen LogP) is 1.49. The minimum absolute atomic E-state index is 0.0367. The average molecular weight is 330 g/mol. The summed E-state index contributed by atoms with van der Waals surface area (Å²) >= 11 is 1.01. The van der Waals surface area contributed by atoms with E-state index in [1.54, 1.807) is 6.92 Å². The Kier molecular flexibility index (Phi) is 4.09. The van der Waals surface area contributed by atoms with E-state index >= 15 is 0 Å². The van der Waals surface area contributed by atoms with Gasteiger partial charge in [-0.2, -0.15) is 0 Å². The highest BCUT2D eigenvalue weighted by molar-refractivity contribution is 7.94. The SMILES string of the molecule is Cc1ncc(S(=O)(=O)Nc2ccc(F)c(/C(N)=N/O)c2)s1. The Bertz CT molecular complexity index is 802. The van der Waals surface area contributed by atoms with Crippen LogP contribution < -0.4 is 10.5 Å². The van der Waals surface area contributed by atoms with E-state index < -0.39 is 21.7 Å². The minimum Gasteiger partial charge on any atom is -0.409 e. The van der Waals surface area contributed by atoms with Crippen molar-refractivity contribution in [2.75, 3.05) is 4.72 Å². The van der Waals surface area contributed by atoms with Crippen LogP contribution in [0.1, 0.15) is 10.6 Å². The van der Waals surface area contributed by atoms with Gasteiger partial charge in [0.1, 0.15) is 5.82 Å². The van der Waals surface area contributed by atoms with Crippen molar-refractivity contribution in [1.82, 2.24) is 4.98 Å². The summed E-state index contributed by atoms with van der Waals surface area (Å²) in [5.74, 6) is -1.19. The molecule has 0 amide bonds. The third kappa shape index (κ3) is 3.28. The summed E-state index contributed by atoms with van der Waals surface area (Å²) in [6, 6.07) is 3.38. The van der Waals surface area contributed by atoms with Crippen LogP contribution in [0.4, 0.5) is 10.1 Å². The molecule has 2 aromatic rings. The van der Waals surface area contributed by atoms with Crippen molar-refractivity contribution in [3.05, 3.63) is 40.8 Å². The molecule has 7 nitrogen and oxygen atoms in total. The number of benzene rings is 1. The highest BCUT2D eigenvalue weighted by Crippen LogP contribution is 2.22. The van der Waals surface area contributed by atoms with E-state index in [2.05, 4.69) is 14.9 Å². The zero-order chi connectivity index (χ0) is 15.6. The van der Waals surface area contributed by atoms with E-state index in [4.69, 9.17) is 10.9 Å². The van der Waals surface area contributed by atoms with Gasteiger partial charge in [0.2, 0.25) is 0 Å². The second kappa shape index (κ2) is 5.66. The summed E-state index contributed by atoms with van der Waals surface area (Å²) in [4.78, 5) is 3.86. The lowest BCUT2D eigenvalue weighted by Gasteiger charge is -2.08. The maximum atomic E-state index is 13.5. The van der Waals surface area contributed by atoms with Crippen LogP contribution in [0.25, 0.3) is 0 Å². The van der Waals surface area contributed by atoms with Gasteiger partial charge >= 0.3 is 0 Å². The molecule has 2 rings (SSSR count). The zero-order valence-corrected chi connectivity index (χ0v) is 12.4. The highest BCUT2D eigenvalue weighted by Gasteiger charge is 2.18. The van der Waals surface area contributed by atoms with Crippen molar-refractivity contribution < 1.29 is 18.0 Å². The molecule has 4 N–H and O–H groups in total. The van der Waals surface area contributed by atoms with Gasteiger partial charge in [-0.05, 0) is 25.1 Å². The standard InChI is InChI=1S/C11H11FN4O3S2/c1-6-14-5-10(20-6)21(18,19)16-7-2-3-9(12)8(4-7)11(13)15-17/h2-5,16-17H,1H3,(H2,13,15). The summed E-state index contributed by atoms with van der Waals surface area (Å²) in [5, 5.41) is 11.9. The van der Waals surface area contributed by atoms with Crippen LogP contribution in [0.15, 0.2) is 33.8 Å². The molecule has 0 aliphatic carbocycles. The second-order valence-corrected chi connectivity index (χ2v) is 7.13. The molecule has 1 heterocycles. The van der Waals surface area contributed by atoms with Crippen LogP contribution in [0, 0.1) is 12.7 Å². The first-order chi connectivity index (χ1) is 9.83. The molecule has 0 aliphatic heterocycles. The van der Waals surface area contributed by atoms with E-state index in [1.165, 1.54) is 12.3 Å². The molecule has 0 fully saturated rings. The van der Waals surface area contributed by atoms with Crippen LogP contribution in [0.3, 0.4) is 0 Å². The molecule has 0 aliphatic rings. The number of hydrogen-bond acceptors (Lipinski definition) is 6. The summed E-state index contributed by atoms with van der Waals surface area (Å²) < 4.78 is 40.0. The Morgan fingerprint density at radius 1 is 1.52 bits per heavy atom. The molecular weight excluding hydrogens is 319 g/mol. The van der Waals surface area contributed by atoms with E-state index in [9.17, 15) is 12.8 Å². The number of hydrogen-bond donors (Lipinski definition) is 3. The van der Waals surface area contributed by atoms with Crippen molar-refractivity contribution >= 4 is 32.9 Å². The first-order valence-electron chi connectivity index (χ1n) is 5.56. The van der Waals surface area contributed by atoms with Gasteiger partial charge in [-0.15, -0.1) is 11.3 Å². The number of anilines is 1. The van der Waals surface area contributed by atoms with Gasteiger partial charge < -0.3 is 10.9 Å². The van der Waals surface area contributed by atoms with Crippen molar-refractivity contribution in [1.29, 1.82) is 0 Å². The Balaban J connectivity index is 2.36. The fourth-order valence-electron chi connectivity index (χ4n) is 1.51. The van der Waals surface area contributed by atoms with Crippen molar-refractivity contribution in [2.24, 2.45) is 10.9 Å². The smallest absolute Gasteiger partial charge is 0.273 e. The first-order valence-corrected chi connectivity index (χ1v) is 7.86. The summed E-state index contributed by atoms with van der Waals surface area (Å²) in [6.07, 6.45) is 1.23. The summed E-state index contributed by atoms with van der Waals surface area (Å²) in [6.45, 7) is 1.68. The number of aromatic nitrogens is 1. The van der Waals surface area contributed by atoms with Crippen LogP contribution in [-0.4, -0.2) is 24.4 Å². The molecule has 0 bridgehead atoms. The fraction of sp³-hybridized carbons (Fsp3) is 0.0909. The molecule has 112 valence electrons. The molecule has 0 spiro atoms. The molecule has 21 heavy (non-hydrogen) atoms. The molecule has 1 aromatic heterocycles. The van der Waals surface area contributed by atoms with Crippen molar-refractivity contribution in [2.45, 2.75) is 11.1 Å². The van der Waals surface area contributed by atoms with Crippen LogP contribution >= 0.6 is 11.3 Å². The van der Waals surface area contributed by atoms with Gasteiger partial charge in [-0.3, -0.25) is 4.72 Å². The normalized spacial score (nSPS) is 12.4. The Hall–Kier alpha value is -2.20. The topological polar surface area (TPSA) is 118 Å². The molecule has 0 radical (unpaired) electrons. The maximum absolute atomic E-state index is 13.5. The molecule has 0 saturated heterocycles. The lowest BCUT2D eigenvalue weighted by atomic mass is 10.2. The largest absolute Gasteiger partial charge is 0.409 e. The molecule has 0 atom stereocenters. The molecule has 0 saturated carbocycles. The van der Waals surface area contributed by atoms with Crippen molar-refractivity contribution in [3.8, 4) is 0 Å². The van der Waals surface area contributed by atoms with Crippen molar-refractivity contribution in [3.63, 3.8) is 0 Å². The monoisotopic (exact) mass is 330 g/mol. The zero-order valence-electron chi connectivity index (χ0n) is 10.7. The number of aryl methyl sites for hydroxylation is 1. The molecule has 10 heteroatoms. The number of oxime groups is 1. The molecule has 1 aromatic carbocycles. The second-order valence-electron chi connectivity index (χ2n) is 3.98. The third-order valence-corrected chi connectivity index (χ3v) is 5.22. The van der Waals surface area contributed by atoms with E-state index in [1.807, 2.05) is 0 Å². The number of rotatable bonds is 4. The number of nitrogens with two attached hydrogens (primary N) is 1. The Morgan fingerprint density at radius 2 is 2.24 bits per heavy atom. The lowest BCUT2D eigenvalue weighted by molar-refractivity contribution is 0.318. The first kappa shape index (κ1) is 15.2. The van der Waals surface area contributed by atoms with Gasteiger partial charge in [0.05, 0.1) is 16.8 Å². The number of thiazole rings is 1. The van der Waals surface area contributed by atoms with E-state index in [0.717, 1.165) is 23.5 Å². The maximum Gasteiger partial charge on any atom is 0.273 e. The number of halogens is 1. The highest BCUT2D eigenvalue weighted by atomic mass is 32.2. The van der Waals surface area contributed by atoms with Crippen LogP contribution in [0.5, 0.6) is 0 Å². The molecule has 0 unspecified atom stereocenters. The number of nitrogens with zero attached hydrogens (tertiary/aromatic N) is 2. The van der Waals surface area contributed by atoms with Crippen LogP contribution in [0.2, 0.25) is 0 Å². The van der Waals surface area contributed by atoms with Gasteiger partial charge in [-0.25, -0.2) is 17.8 Å². The van der Waals surface area contributed by atoms with E-state index in [0.29, 0.717) is 5.01 Å². The lowest BCUT2D eigenvalue weighted by Crippen LogP contribution is -2.17.